The first kappa shape index (κ1) is 15.2. The van der Waals surface area contributed by atoms with E-state index in [1.807, 2.05) is 17.5 Å². The van der Waals surface area contributed by atoms with E-state index >= 15 is 0 Å². The predicted octanol–water partition coefficient (Wildman–Crippen LogP) is 3.35. The second-order valence-electron chi connectivity index (χ2n) is 5.06. The Hall–Kier alpha value is -2.73. The maximum atomic E-state index is 12.0. The highest BCUT2D eigenvalue weighted by molar-refractivity contribution is 7.10. The highest BCUT2D eigenvalue weighted by Gasteiger charge is 2.06. The Bertz CT molecular complexity index is 821. The fourth-order valence-electron chi connectivity index (χ4n) is 2.18. The Labute approximate surface area is 138 Å². The number of anilines is 1. The number of nitrogens with one attached hydrogen (secondary N) is 1. The van der Waals surface area contributed by atoms with Crippen molar-refractivity contribution in [2.45, 2.75) is 13.5 Å². The zero-order valence-electron chi connectivity index (χ0n) is 12.6. The standard InChI is InChI=1S/C17H16N4OS/c1-13-3-2-4-14(11-13)12-21-15(7-8-19-21)20-16(22)5-6-17-18-9-10-23-17/h2-11H,12H2,1H3,(H,20,22)/b6-5-. The molecule has 0 aliphatic carbocycles. The normalized spacial score (nSPS) is 11.0. The Balaban J connectivity index is 1.67. The van der Waals surface area contributed by atoms with Gasteiger partial charge in [0.05, 0.1) is 12.7 Å². The smallest absolute Gasteiger partial charge is 0.249 e. The predicted molar refractivity (Wildman–Crippen MR) is 92.3 cm³/mol. The van der Waals surface area contributed by atoms with Gasteiger partial charge >= 0.3 is 0 Å². The quantitative estimate of drug-likeness (QED) is 0.732. The molecule has 0 spiro atoms. The van der Waals surface area contributed by atoms with Crippen LogP contribution in [0.2, 0.25) is 0 Å². The van der Waals surface area contributed by atoms with Gasteiger partial charge in [-0.05, 0) is 18.6 Å². The average Bonchev–Trinajstić information content (AvgIpc) is 3.18. The second kappa shape index (κ2) is 7.02. The SMILES string of the molecule is Cc1cccc(Cn2nccc2NC(=O)/C=C\c2nccs2)c1. The van der Waals surface area contributed by atoms with Gasteiger partial charge in [-0.3, -0.25) is 4.79 Å². The molecule has 0 radical (unpaired) electrons. The molecule has 0 aliphatic rings. The van der Waals surface area contributed by atoms with E-state index < -0.39 is 0 Å². The molecule has 6 heteroatoms. The molecule has 1 aromatic carbocycles. The van der Waals surface area contributed by atoms with Crippen LogP contribution in [-0.2, 0) is 11.3 Å². The largest absolute Gasteiger partial charge is 0.307 e. The summed E-state index contributed by atoms with van der Waals surface area (Å²) in [5.41, 5.74) is 2.34. The number of carbonyl (C=O) groups is 1. The van der Waals surface area contributed by atoms with Crippen molar-refractivity contribution in [3.05, 3.63) is 70.3 Å². The van der Waals surface area contributed by atoms with E-state index in [0.717, 1.165) is 10.6 Å². The van der Waals surface area contributed by atoms with Crippen molar-refractivity contribution in [1.29, 1.82) is 0 Å². The summed E-state index contributed by atoms with van der Waals surface area (Å²) in [4.78, 5) is 16.1. The minimum atomic E-state index is -0.203. The van der Waals surface area contributed by atoms with Gasteiger partial charge in [-0.1, -0.05) is 29.8 Å². The lowest BCUT2D eigenvalue weighted by Gasteiger charge is -2.08. The van der Waals surface area contributed by atoms with Gasteiger partial charge in [0.25, 0.3) is 0 Å². The molecule has 1 N–H and O–H groups in total. The first-order chi connectivity index (χ1) is 11.2. The third-order valence-corrected chi connectivity index (χ3v) is 3.95. The lowest BCUT2D eigenvalue weighted by Crippen LogP contribution is -2.13. The van der Waals surface area contributed by atoms with E-state index in [0.29, 0.717) is 12.4 Å². The number of hydrogen-bond donors (Lipinski definition) is 1. The van der Waals surface area contributed by atoms with E-state index in [1.54, 1.807) is 29.2 Å². The lowest BCUT2D eigenvalue weighted by molar-refractivity contribution is -0.111. The van der Waals surface area contributed by atoms with Crippen LogP contribution >= 0.6 is 11.3 Å². The number of thiazole rings is 1. The fraction of sp³-hybridized carbons (Fsp3) is 0.118. The molecular formula is C17H16N4OS. The summed E-state index contributed by atoms with van der Waals surface area (Å²) in [6.45, 7) is 2.67. The van der Waals surface area contributed by atoms with Crippen molar-refractivity contribution < 1.29 is 4.79 Å². The molecule has 0 atom stereocenters. The molecule has 0 aliphatic heterocycles. The summed E-state index contributed by atoms with van der Waals surface area (Å²) in [6, 6.07) is 10.0. The van der Waals surface area contributed by atoms with Gasteiger partial charge in [0.2, 0.25) is 5.91 Å². The number of carbonyl (C=O) groups excluding carboxylic acids is 1. The topological polar surface area (TPSA) is 59.8 Å². The average molecular weight is 324 g/mol. The number of aryl methyl sites for hydroxylation is 1. The molecule has 2 heterocycles. The van der Waals surface area contributed by atoms with Gasteiger partial charge in [-0.2, -0.15) is 5.10 Å². The first-order valence-corrected chi connectivity index (χ1v) is 8.04. The fourth-order valence-corrected chi connectivity index (χ4v) is 2.71. The second-order valence-corrected chi connectivity index (χ2v) is 5.98. The van der Waals surface area contributed by atoms with Crippen LogP contribution in [0.1, 0.15) is 16.1 Å². The van der Waals surface area contributed by atoms with Crippen molar-refractivity contribution in [3.63, 3.8) is 0 Å². The summed E-state index contributed by atoms with van der Waals surface area (Å²) in [7, 11) is 0. The maximum absolute atomic E-state index is 12.0. The number of nitrogens with zero attached hydrogens (tertiary/aromatic N) is 3. The Morgan fingerprint density at radius 2 is 2.26 bits per heavy atom. The number of rotatable bonds is 5. The van der Waals surface area contributed by atoms with Gasteiger partial charge in [-0.25, -0.2) is 9.67 Å². The minimum Gasteiger partial charge on any atom is -0.307 e. The highest BCUT2D eigenvalue weighted by Crippen LogP contribution is 2.12. The van der Waals surface area contributed by atoms with E-state index in [1.165, 1.54) is 23.0 Å². The summed E-state index contributed by atoms with van der Waals surface area (Å²) in [5, 5.41) is 9.78. The Morgan fingerprint density at radius 3 is 3.04 bits per heavy atom. The van der Waals surface area contributed by atoms with E-state index in [2.05, 4.69) is 34.5 Å². The minimum absolute atomic E-state index is 0.203. The van der Waals surface area contributed by atoms with Crippen LogP contribution in [0.15, 0.2) is 54.2 Å². The molecule has 0 saturated heterocycles. The Morgan fingerprint density at radius 1 is 1.35 bits per heavy atom. The molecule has 116 valence electrons. The molecule has 2 aromatic heterocycles. The summed E-state index contributed by atoms with van der Waals surface area (Å²) in [6.07, 6.45) is 6.55. The van der Waals surface area contributed by atoms with Crippen LogP contribution in [0.3, 0.4) is 0 Å². The van der Waals surface area contributed by atoms with E-state index in [4.69, 9.17) is 0 Å². The zero-order valence-corrected chi connectivity index (χ0v) is 13.5. The molecular weight excluding hydrogens is 308 g/mol. The summed E-state index contributed by atoms with van der Waals surface area (Å²) < 4.78 is 1.77. The lowest BCUT2D eigenvalue weighted by atomic mass is 10.1. The van der Waals surface area contributed by atoms with Gasteiger partial charge in [0, 0.05) is 23.7 Å². The molecule has 3 aromatic rings. The zero-order chi connectivity index (χ0) is 16.1. The first-order valence-electron chi connectivity index (χ1n) is 7.16. The molecule has 0 bridgehead atoms. The summed E-state index contributed by atoms with van der Waals surface area (Å²) >= 11 is 1.48. The summed E-state index contributed by atoms with van der Waals surface area (Å²) in [5.74, 6) is 0.464. The highest BCUT2D eigenvalue weighted by atomic mass is 32.1. The third-order valence-electron chi connectivity index (χ3n) is 3.21. The molecule has 5 nitrogen and oxygen atoms in total. The number of benzene rings is 1. The Kier molecular flexibility index (Phi) is 4.63. The number of aromatic nitrogens is 3. The number of hydrogen-bond acceptors (Lipinski definition) is 4. The van der Waals surface area contributed by atoms with Gasteiger partial charge < -0.3 is 5.32 Å². The third kappa shape index (κ3) is 4.14. The molecule has 0 fully saturated rings. The molecule has 1 amide bonds. The number of amides is 1. The molecule has 0 unspecified atom stereocenters. The monoisotopic (exact) mass is 324 g/mol. The van der Waals surface area contributed by atoms with E-state index in [-0.39, 0.29) is 5.91 Å². The van der Waals surface area contributed by atoms with Crippen LogP contribution < -0.4 is 5.32 Å². The van der Waals surface area contributed by atoms with E-state index in [9.17, 15) is 4.79 Å². The van der Waals surface area contributed by atoms with Crippen molar-refractivity contribution in [2.75, 3.05) is 5.32 Å². The van der Waals surface area contributed by atoms with Crippen molar-refractivity contribution in [1.82, 2.24) is 14.8 Å². The van der Waals surface area contributed by atoms with Crippen molar-refractivity contribution >= 4 is 29.1 Å². The molecule has 0 saturated carbocycles. The molecule has 3 rings (SSSR count). The van der Waals surface area contributed by atoms with Crippen molar-refractivity contribution in [3.8, 4) is 0 Å². The van der Waals surface area contributed by atoms with Crippen LogP contribution in [0.25, 0.3) is 6.08 Å². The van der Waals surface area contributed by atoms with Gasteiger partial charge in [0.1, 0.15) is 10.8 Å². The maximum Gasteiger partial charge on any atom is 0.249 e. The van der Waals surface area contributed by atoms with Crippen molar-refractivity contribution in [2.24, 2.45) is 0 Å². The van der Waals surface area contributed by atoms with Crippen LogP contribution in [0.5, 0.6) is 0 Å². The van der Waals surface area contributed by atoms with Crippen LogP contribution in [0.4, 0.5) is 5.82 Å². The van der Waals surface area contributed by atoms with Gasteiger partial charge in [-0.15, -0.1) is 11.3 Å². The van der Waals surface area contributed by atoms with Crippen LogP contribution in [0, 0.1) is 6.92 Å². The van der Waals surface area contributed by atoms with Gasteiger partial charge in [0.15, 0.2) is 0 Å². The molecule has 23 heavy (non-hydrogen) atoms. The van der Waals surface area contributed by atoms with Crippen LogP contribution in [-0.4, -0.2) is 20.7 Å².